The van der Waals surface area contributed by atoms with Gasteiger partial charge in [0, 0.05) is 24.2 Å². The van der Waals surface area contributed by atoms with Gasteiger partial charge in [-0.3, -0.25) is 4.57 Å². The van der Waals surface area contributed by atoms with Crippen LogP contribution in [-0.4, -0.2) is 14.5 Å². The minimum atomic E-state index is 0.375. The second-order valence-corrected chi connectivity index (χ2v) is 8.01. The van der Waals surface area contributed by atoms with Crippen LogP contribution in [0, 0.1) is 0 Å². The minimum absolute atomic E-state index is 0.375. The summed E-state index contributed by atoms with van der Waals surface area (Å²) in [6, 6.07) is 21.3. The first-order valence-electron chi connectivity index (χ1n) is 10.2. The van der Waals surface area contributed by atoms with Gasteiger partial charge in [0.25, 0.3) is 0 Å². The Bertz CT molecular complexity index is 1060. The Labute approximate surface area is 173 Å². The van der Waals surface area contributed by atoms with Crippen molar-refractivity contribution in [2.75, 3.05) is 0 Å². The van der Waals surface area contributed by atoms with E-state index in [9.17, 15) is 0 Å². The highest BCUT2D eigenvalue weighted by Crippen LogP contribution is 2.39. The van der Waals surface area contributed by atoms with E-state index in [0.717, 1.165) is 11.6 Å². The Morgan fingerprint density at radius 2 is 1.34 bits per heavy atom. The molecule has 0 fully saturated rings. The van der Waals surface area contributed by atoms with Crippen molar-refractivity contribution in [3.05, 3.63) is 90.4 Å². The van der Waals surface area contributed by atoms with Gasteiger partial charge in [0.1, 0.15) is 11.6 Å². The van der Waals surface area contributed by atoms with Crippen LogP contribution in [-0.2, 0) is 0 Å². The van der Waals surface area contributed by atoms with Gasteiger partial charge in [-0.05, 0) is 46.2 Å². The summed E-state index contributed by atoms with van der Waals surface area (Å²) in [6.45, 7) is 9.02. The van der Waals surface area contributed by atoms with Crippen molar-refractivity contribution in [2.45, 2.75) is 39.5 Å². The molecule has 0 aliphatic carbocycles. The van der Waals surface area contributed by atoms with Crippen LogP contribution in [0.5, 0.6) is 0 Å². The lowest BCUT2D eigenvalue weighted by Crippen LogP contribution is -2.06. The summed E-state index contributed by atoms with van der Waals surface area (Å²) in [5, 5.41) is 0. The number of nitrogens with zero attached hydrogens (tertiary/aromatic N) is 3. The molecule has 0 N–H and O–H groups in total. The Hall–Kier alpha value is -3.20. The molecule has 146 valence electrons. The summed E-state index contributed by atoms with van der Waals surface area (Å²) < 4.78 is 2.09. The number of hydrogen-bond acceptors (Lipinski definition) is 2. The first-order valence-corrected chi connectivity index (χ1v) is 10.2. The van der Waals surface area contributed by atoms with E-state index in [1.54, 1.807) is 0 Å². The highest BCUT2D eigenvalue weighted by molar-refractivity contribution is 5.76. The molecule has 0 aliphatic heterocycles. The Morgan fingerprint density at radius 3 is 1.93 bits per heavy atom. The molecule has 0 bridgehead atoms. The summed E-state index contributed by atoms with van der Waals surface area (Å²) in [4.78, 5) is 9.32. The third-order valence-electron chi connectivity index (χ3n) is 5.31. The zero-order chi connectivity index (χ0) is 20.4. The second kappa shape index (κ2) is 8.04. The van der Waals surface area contributed by atoms with Gasteiger partial charge < -0.3 is 0 Å². The smallest absolute Gasteiger partial charge is 0.146 e. The Morgan fingerprint density at radius 1 is 0.690 bits per heavy atom. The molecular weight excluding hydrogens is 354 g/mol. The van der Waals surface area contributed by atoms with E-state index in [0.29, 0.717) is 11.8 Å². The molecule has 0 atom stereocenters. The van der Waals surface area contributed by atoms with Gasteiger partial charge in [0.2, 0.25) is 0 Å². The lowest BCUT2D eigenvalue weighted by molar-refractivity contribution is 0.831. The number of benzene rings is 2. The molecule has 0 spiro atoms. The van der Waals surface area contributed by atoms with Crippen molar-refractivity contribution in [2.24, 2.45) is 0 Å². The molecule has 4 rings (SSSR count). The monoisotopic (exact) mass is 381 g/mol. The maximum atomic E-state index is 4.77. The quantitative estimate of drug-likeness (QED) is 0.378. The minimum Gasteiger partial charge on any atom is -0.284 e. The molecule has 3 nitrogen and oxygen atoms in total. The highest BCUT2D eigenvalue weighted by Gasteiger charge is 2.21. The van der Waals surface area contributed by atoms with E-state index in [1.807, 2.05) is 36.8 Å². The average molecular weight is 382 g/mol. The van der Waals surface area contributed by atoms with E-state index in [-0.39, 0.29) is 0 Å². The lowest BCUT2D eigenvalue weighted by atomic mass is 9.85. The number of aromatic nitrogens is 3. The van der Waals surface area contributed by atoms with Gasteiger partial charge in [-0.2, -0.15) is 0 Å². The van der Waals surface area contributed by atoms with Gasteiger partial charge in [0.15, 0.2) is 0 Å². The largest absolute Gasteiger partial charge is 0.284 e. The molecule has 0 saturated carbocycles. The molecule has 2 aromatic heterocycles. The molecule has 0 saturated heterocycles. The van der Waals surface area contributed by atoms with Gasteiger partial charge in [-0.25, -0.2) is 9.97 Å². The second-order valence-electron chi connectivity index (χ2n) is 8.01. The summed E-state index contributed by atoms with van der Waals surface area (Å²) in [5.41, 5.74) is 6.37. The van der Waals surface area contributed by atoms with E-state index in [4.69, 9.17) is 4.98 Å². The van der Waals surface area contributed by atoms with Gasteiger partial charge in [-0.1, -0.05) is 76.2 Å². The fourth-order valence-electron chi connectivity index (χ4n) is 3.82. The van der Waals surface area contributed by atoms with Crippen LogP contribution in [0.15, 0.2) is 79.3 Å². The van der Waals surface area contributed by atoms with Gasteiger partial charge in [0.05, 0.1) is 0 Å². The fourth-order valence-corrected chi connectivity index (χ4v) is 3.82. The predicted octanol–water partition coefficient (Wildman–Crippen LogP) is 6.85. The third kappa shape index (κ3) is 3.73. The molecule has 3 heteroatoms. The topological polar surface area (TPSA) is 30.7 Å². The molecule has 0 amide bonds. The molecular formula is C26H27N3. The highest BCUT2D eigenvalue weighted by atomic mass is 15.1. The third-order valence-corrected chi connectivity index (χ3v) is 5.31. The predicted molar refractivity (Wildman–Crippen MR) is 120 cm³/mol. The molecule has 0 radical (unpaired) electrons. The summed E-state index contributed by atoms with van der Waals surface area (Å²) in [6.07, 6.45) is 5.69. The molecule has 0 aliphatic rings. The van der Waals surface area contributed by atoms with Crippen LogP contribution in [0.3, 0.4) is 0 Å². The number of imidazole rings is 1. The Kier molecular flexibility index (Phi) is 5.30. The van der Waals surface area contributed by atoms with Crippen LogP contribution in [0.1, 0.15) is 50.7 Å². The van der Waals surface area contributed by atoms with E-state index < -0.39 is 0 Å². The van der Waals surface area contributed by atoms with Crippen molar-refractivity contribution in [1.82, 2.24) is 14.5 Å². The van der Waals surface area contributed by atoms with Gasteiger partial charge >= 0.3 is 0 Å². The molecule has 0 unspecified atom stereocenters. The molecule has 2 aromatic carbocycles. The fraction of sp³-hybridized carbons (Fsp3) is 0.231. The first-order chi connectivity index (χ1) is 14.1. The van der Waals surface area contributed by atoms with Crippen molar-refractivity contribution in [1.29, 1.82) is 0 Å². The number of pyridine rings is 1. The SMILES string of the molecule is CC(C)c1cc(-c2ccccc2)cc(C(C)C)c1-c1nccn1-c1ccccn1. The summed E-state index contributed by atoms with van der Waals surface area (Å²) >= 11 is 0. The van der Waals surface area contributed by atoms with Crippen molar-refractivity contribution in [3.63, 3.8) is 0 Å². The van der Waals surface area contributed by atoms with Crippen molar-refractivity contribution in [3.8, 4) is 28.3 Å². The van der Waals surface area contributed by atoms with E-state index in [2.05, 4.69) is 79.7 Å². The maximum Gasteiger partial charge on any atom is 0.146 e. The number of hydrogen-bond donors (Lipinski definition) is 0. The standard InChI is InChI=1S/C26H27N3/c1-18(2)22-16-21(20-10-6-5-7-11-20)17-23(19(3)4)25(22)26-28-14-15-29(26)24-12-8-9-13-27-24/h5-19H,1-4H3. The van der Waals surface area contributed by atoms with E-state index >= 15 is 0 Å². The summed E-state index contributed by atoms with van der Waals surface area (Å²) in [7, 11) is 0. The van der Waals surface area contributed by atoms with Crippen LogP contribution in [0.25, 0.3) is 28.3 Å². The maximum absolute atomic E-state index is 4.77. The molecule has 29 heavy (non-hydrogen) atoms. The normalized spacial score (nSPS) is 11.4. The first kappa shape index (κ1) is 19.1. The summed E-state index contributed by atoms with van der Waals surface area (Å²) in [5.74, 6) is 2.59. The zero-order valence-corrected chi connectivity index (χ0v) is 17.5. The van der Waals surface area contributed by atoms with Crippen LogP contribution < -0.4 is 0 Å². The van der Waals surface area contributed by atoms with Crippen LogP contribution in [0.2, 0.25) is 0 Å². The van der Waals surface area contributed by atoms with E-state index in [1.165, 1.54) is 27.8 Å². The average Bonchev–Trinajstić information content (AvgIpc) is 3.23. The van der Waals surface area contributed by atoms with Gasteiger partial charge in [-0.15, -0.1) is 0 Å². The molecule has 2 heterocycles. The Balaban J connectivity index is 1.98. The number of rotatable bonds is 5. The van der Waals surface area contributed by atoms with Crippen molar-refractivity contribution >= 4 is 0 Å². The molecule has 4 aromatic rings. The zero-order valence-electron chi connectivity index (χ0n) is 17.5. The lowest BCUT2D eigenvalue weighted by Gasteiger charge is -2.22. The van der Waals surface area contributed by atoms with Crippen LogP contribution in [0.4, 0.5) is 0 Å². The van der Waals surface area contributed by atoms with Crippen molar-refractivity contribution < 1.29 is 0 Å². The van der Waals surface area contributed by atoms with Crippen LogP contribution >= 0.6 is 0 Å².